The molecule has 0 aliphatic carbocycles. The van der Waals surface area contributed by atoms with Crippen molar-refractivity contribution in [3.8, 4) is 0 Å². The normalized spacial score (nSPS) is 11.3. The second-order valence-corrected chi connectivity index (χ2v) is 3.74. The zero-order chi connectivity index (χ0) is 11.5. The molecule has 3 nitrogen and oxygen atoms in total. The molecule has 0 fully saturated rings. The van der Waals surface area contributed by atoms with Crippen molar-refractivity contribution in [2.24, 2.45) is 0 Å². The van der Waals surface area contributed by atoms with E-state index >= 15 is 0 Å². The lowest BCUT2D eigenvalue weighted by Crippen LogP contribution is -1.86. The predicted octanol–water partition coefficient (Wildman–Crippen LogP) is 3.13. The standard InChI is InChI=1S/C14H11N3/c1-2-6-14-13(5-1)16-10-12(17-14)8-7-11-4-3-9-15-11/h1-10,15H/b8-7+. The van der Waals surface area contributed by atoms with Crippen LogP contribution in [0.1, 0.15) is 11.4 Å². The van der Waals surface area contributed by atoms with Gasteiger partial charge in [-0.1, -0.05) is 12.1 Å². The zero-order valence-corrected chi connectivity index (χ0v) is 9.17. The average molecular weight is 221 g/mol. The highest BCUT2D eigenvalue weighted by atomic mass is 14.8. The van der Waals surface area contributed by atoms with Crippen molar-refractivity contribution in [1.29, 1.82) is 0 Å². The number of fused-ring (bicyclic) bond motifs is 1. The van der Waals surface area contributed by atoms with E-state index in [0.29, 0.717) is 0 Å². The maximum Gasteiger partial charge on any atom is 0.0894 e. The van der Waals surface area contributed by atoms with Crippen LogP contribution in [0.15, 0.2) is 48.8 Å². The summed E-state index contributed by atoms with van der Waals surface area (Å²) >= 11 is 0. The first-order valence-corrected chi connectivity index (χ1v) is 5.45. The van der Waals surface area contributed by atoms with Gasteiger partial charge in [0.2, 0.25) is 0 Å². The number of H-pyrrole nitrogens is 1. The summed E-state index contributed by atoms with van der Waals surface area (Å²) in [5.74, 6) is 0. The first kappa shape index (κ1) is 9.78. The smallest absolute Gasteiger partial charge is 0.0894 e. The summed E-state index contributed by atoms with van der Waals surface area (Å²) in [4.78, 5) is 12.0. The van der Waals surface area contributed by atoms with Gasteiger partial charge in [-0.15, -0.1) is 0 Å². The summed E-state index contributed by atoms with van der Waals surface area (Å²) in [5, 5.41) is 0. The van der Waals surface area contributed by atoms with Gasteiger partial charge in [-0.05, 0) is 36.4 Å². The minimum Gasteiger partial charge on any atom is -0.362 e. The van der Waals surface area contributed by atoms with Crippen LogP contribution < -0.4 is 0 Å². The second kappa shape index (κ2) is 4.22. The van der Waals surface area contributed by atoms with E-state index < -0.39 is 0 Å². The molecule has 17 heavy (non-hydrogen) atoms. The summed E-state index contributed by atoms with van der Waals surface area (Å²) in [6.07, 6.45) is 7.61. The lowest BCUT2D eigenvalue weighted by atomic mass is 10.3. The molecule has 0 radical (unpaired) electrons. The van der Waals surface area contributed by atoms with Crippen LogP contribution in [0, 0.1) is 0 Å². The Morgan fingerprint density at radius 1 is 0.941 bits per heavy atom. The molecule has 0 unspecified atom stereocenters. The molecule has 3 aromatic rings. The Bertz CT molecular complexity index is 654. The number of hydrogen-bond donors (Lipinski definition) is 1. The lowest BCUT2D eigenvalue weighted by Gasteiger charge is -1.97. The number of rotatable bonds is 2. The summed E-state index contributed by atoms with van der Waals surface area (Å²) in [7, 11) is 0. The Kier molecular flexibility index (Phi) is 2.43. The fourth-order valence-corrected chi connectivity index (χ4v) is 1.67. The largest absolute Gasteiger partial charge is 0.362 e. The number of nitrogens with zero attached hydrogens (tertiary/aromatic N) is 2. The van der Waals surface area contributed by atoms with E-state index in [0.717, 1.165) is 22.4 Å². The molecule has 2 heterocycles. The molecule has 2 aromatic heterocycles. The van der Waals surface area contributed by atoms with E-state index in [1.54, 1.807) is 6.20 Å². The Labute approximate surface area is 98.9 Å². The number of nitrogens with one attached hydrogen (secondary N) is 1. The van der Waals surface area contributed by atoms with Crippen LogP contribution in [0.5, 0.6) is 0 Å². The SMILES string of the molecule is C(=C\c1ccc[nH]1)/c1cnc2ccccc2n1. The summed E-state index contributed by atoms with van der Waals surface area (Å²) in [5.41, 5.74) is 3.75. The van der Waals surface area contributed by atoms with E-state index in [1.165, 1.54) is 0 Å². The quantitative estimate of drug-likeness (QED) is 0.722. The third-order valence-corrected chi connectivity index (χ3v) is 2.52. The Morgan fingerprint density at radius 3 is 2.65 bits per heavy atom. The highest BCUT2D eigenvalue weighted by Gasteiger charge is 1.95. The molecule has 82 valence electrons. The zero-order valence-electron chi connectivity index (χ0n) is 9.17. The molecule has 0 spiro atoms. The van der Waals surface area contributed by atoms with Crippen LogP contribution >= 0.6 is 0 Å². The fourth-order valence-electron chi connectivity index (χ4n) is 1.67. The van der Waals surface area contributed by atoms with E-state index in [-0.39, 0.29) is 0 Å². The highest BCUT2D eigenvalue weighted by molar-refractivity contribution is 5.76. The molecule has 0 aliphatic heterocycles. The van der Waals surface area contributed by atoms with Gasteiger partial charge in [-0.3, -0.25) is 4.98 Å². The molecule has 0 atom stereocenters. The van der Waals surface area contributed by atoms with Crippen LogP contribution in [0.25, 0.3) is 23.2 Å². The molecule has 0 saturated heterocycles. The van der Waals surface area contributed by atoms with Gasteiger partial charge in [-0.2, -0.15) is 0 Å². The minimum absolute atomic E-state index is 0.860. The van der Waals surface area contributed by atoms with Gasteiger partial charge in [0, 0.05) is 11.9 Å². The fraction of sp³-hybridized carbons (Fsp3) is 0. The van der Waals surface area contributed by atoms with Gasteiger partial charge in [0.05, 0.1) is 22.9 Å². The van der Waals surface area contributed by atoms with E-state index in [9.17, 15) is 0 Å². The van der Waals surface area contributed by atoms with Crippen molar-refractivity contribution in [3.05, 3.63) is 60.2 Å². The van der Waals surface area contributed by atoms with Crippen molar-refractivity contribution in [2.75, 3.05) is 0 Å². The Morgan fingerprint density at radius 2 is 1.82 bits per heavy atom. The van der Waals surface area contributed by atoms with Gasteiger partial charge < -0.3 is 4.98 Å². The number of aromatic amines is 1. The maximum absolute atomic E-state index is 4.51. The molecule has 3 heteroatoms. The molecular weight excluding hydrogens is 210 g/mol. The van der Waals surface area contributed by atoms with E-state index in [2.05, 4.69) is 15.0 Å². The summed E-state index contributed by atoms with van der Waals surface area (Å²) in [6, 6.07) is 11.8. The average Bonchev–Trinajstić information content (AvgIpc) is 2.89. The highest BCUT2D eigenvalue weighted by Crippen LogP contribution is 2.10. The molecule has 1 aromatic carbocycles. The van der Waals surface area contributed by atoms with Crippen LogP contribution in [0.3, 0.4) is 0 Å². The van der Waals surface area contributed by atoms with Crippen LogP contribution in [0.2, 0.25) is 0 Å². The monoisotopic (exact) mass is 221 g/mol. The molecule has 1 N–H and O–H groups in total. The van der Waals surface area contributed by atoms with Crippen molar-refractivity contribution in [2.45, 2.75) is 0 Å². The van der Waals surface area contributed by atoms with Crippen molar-refractivity contribution in [3.63, 3.8) is 0 Å². The maximum atomic E-state index is 4.51. The summed E-state index contributed by atoms with van der Waals surface area (Å²) in [6.45, 7) is 0. The van der Waals surface area contributed by atoms with Gasteiger partial charge in [0.15, 0.2) is 0 Å². The predicted molar refractivity (Wildman–Crippen MR) is 69.3 cm³/mol. The number of hydrogen-bond acceptors (Lipinski definition) is 2. The number of para-hydroxylation sites is 2. The molecule has 3 rings (SSSR count). The molecular formula is C14H11N3. The molecule has 0 amide bonds. The third-order valence-electron chi connectivity index (χ3n) is 2.52. The van der Waals surface area contributed by atoms with Crippen LogP contribution in [-0.2, 0) is 0 Å². The van der Waals surface area contributed by atoms with Crippen molar-refractivity contribution in [1.82, 2.24) is 15.0 Å². The lowest BCUT2D eigenvalue weighted by molar-refractivity contribution is 1.27. The molecule has 0 bridgehead atoms. The van der Waals surface area contributed by atoms with Crippen LogP contribution in [-0.4, -0.2) is 15.0 Å². The first-order chi connectivity index (χ1) is 8.42. The minimum atomic E-state index is 0.860. The number of aromatic nitrogens is 3. The second-order valence-electron chi connectivity index (χ2n) is 3.74. The Hall–Kier alpha value is -2.42. The molecule has 0 saturated carbocycles. The molecule has 0 aliphatic rings. The third kappa shape index (κ3) is 2.08. The van der Waals surface area contributed by atoms with Gasteiger partial charge >= 0.3 is 0 Å². The van der Waals surface area contributed by atoms with E-state index in [1.807, 2.05) is 54.7 Å². The number of benzene rings is 1. The topological polar surface area (TPSA) is 41.6 Å². The van der Waals surface area contributed by atoms with Gasteiger partial charge in [0.25, 0.3) is 0 Å². The Balaban J connectivity index is 1.96. The van der Waals surface area contributed by atoms with Crippen molar-refractivity contribution >= 4 is 23.2 Å². The van der Waals surface area contributed by atoms with Crippen molar-refractivity contribution < 1.29 is 0 Å². The first-order valence-electron chi connectivity index (χ1n) is 5.45. The van der Waals surface area contributed by atoms with E-state index in [4.69, 9.17) is 0 Å². The van der Waals surface area contributed by atoms with Gasteiger partial charge in [-0.25, -0.2) is 4.98 Å². The summed E-state index contributed by atoms with van der Waals surface area (Å²) < 4.78 is 0. The van der Waals surface area contributed by atoms with Crippen LogP contribution in [0.4, 0.5) is 0 Å². The van der Waals surface area contributed by atoms with Gasteiger partial charge in [0.1, 0.15) is 0 Å².